The molecule has 0 spiro atoms. The molecule has 23 heavy (non-hydrogen) atoms. The number of aromatic nitrogens is 4. The third-order valence-corrected chi connectivity index (χ3v) is 4.16. The second kappa shape index (κ2) is 6.04. The van der Waals surface area contributed by atoms with Crippen LogP contribution in [-0.4, -0.2) is 25.3 Å². The number of hydrogen-bond acceptors (Lipinski definition) is 5. The van der Waals surface area contributed by atoms with E-state index in [4.69, 9.17) is 5.26 Å². The third kappa shape index (κ3) is 2.94. The fraction of sp³-hybridized carbons (Fsp3) is 0.286. The molecule has 0 amide bonds. The molecule has 2 heterocycles. The van der Waals surface area contributed by atoms with Gasteiger partial charge in [0.1, 0.15) is 5.03 Å². The van der Waals surface area contributed by atoms with Crippen LogP contribution in [0.2, 0.25) is 0 Å². The third-order valence-electron chi connectivity index (χ3n) is 3.12. The molecule has 3 rings (SSSR count). The van der Waals surface area contributed by atoms with Crippen LogP contribution in [0.4, 0.5) is 13.2 Å². The molecule has 0 aliphatic carbocycles. The van der Waals surface area contributed by atoms with Gasteiger partial charge in [0.05, 0.1) is 17.1 Å². The predicted molar refractivity (Wildman–Crippen MR) is 78.9 cm³/mol. The molecule has 1 aromatic carbocycles. The topological polar surface area (TPSA) is 66.9 Å². The quantitative estimate of drug-likeness (QED) is 0.536. The Kier molecular flexibility index (Phi) is 4.09. The van der Waals surface area contributed by atoms with Gasteiger partial charge in [-0.15, -0.1) is 22.0 Å². The second-order valence-corrected chi connectivity index (χ2v) is 5.78. The number of benzene rings is 1. The molecular formula is C14H10F3N5S. The molecule has 0 aliphatic rings. The molecule has 0 bridgehead atoms. The van der Waals surface area contributed by atoms with Gasteiger partial charge >= 0.3 is 6.18 Å². The molecule has 0 N–H and O–H groups in total. The monoisotopic (exact) mass is 337 g/mol. The van der Waals surface area contributed by atoms with E-state index in [-0.39, 0.29) is 5.65 Å². The lowest BCUT2D eigenvalue weighted by Crippen LogP contribution is -2.11. The van der Waals surface area contributed by atoms with Crippen LogP contribution in [0.3, 0.4) is 0 Å². The van der Waals surface area contributed by atoms with Crippen molar-refractivity contribution in [2.24, 2.45) is 0 Å². The first-order valence-corrected chi connectivity index (χ1v) is 7.72. The van der Waals surface area contributed by atoms with E-state index in [9.17, 15) is 13.2 Å². The van der Waals surface area contributed by atoms with Gasteiger partial charge in [-0.1, -0.05) is 12.1 Å². The van der Waals surface area contributed by atoms with E-state index in [1.807, 2.05) is 6.07 Å². The fourth-order valence-corrected chi connectivity index (χ4v) is 3.06. The van der Waals surface area contributed by atoms with E-state index in [1.165, 1.54) is 11.8 Å². The van der Waals surface area contributed by atoms with Gasteiger partial charge in [0.2, 0.25) is 5.82 Å². The van der Waals surface area contributed by atoms with Gasteiger partial charge in [-0.05, 0) is 18.6 Å². The van der Waals surface area contributed by atoms with Crippen LogP contribution in [0.25, 0.3) is 16.7 Å². The Morgan fingerprint density at radius 1 is 1.22 bits per heavy atom. The number of thioether (sulfide) groups is 1. The molecule has 0 fully saturated rings. The highest BCUT2D eigenvalue weighted by atomic mass is 32.2. The fourth-order valence-electron chi connectivity index (χ4n) is 2.16. The Bertz CT molecular complexity index is 897. The lowest BCUT2D eigenvalue weighted by Gasteiger charge is -2.09. The first-order chi connectivity index (χ1) is 11.0. The number of fused-ring (bicyclic) bond motifs is 3. The van der Waals surface area contributed by atoms with Crippen molar-refractivity contribution < 1.29 is 13.2 Å². The standard InChI is InChI=1S/C14H10F3N5S/c15-14(16,17)13-21-20-11-12(23-8-4-3-7-18)19-9-5-1-2-6-10(9)22(11)13/h1-2,5-6H,3-4,8H2. The number of unbranched alkanes of at least 4 members (excludes halogenated alkanes) is 1. The summed E-state index contributed by atoms with van der Waals surface area (Å²) in [5.74, 6) is -0.493. The summed E-state index contributed by atoms with van der Waals surface area (Å²) in [7, 11) is 0. The number of rotatable bonds is 4. The van der Waals surface area contributed by atoms with Crippen LogP contribution in [0.15, 0.2) is 29.3 Å². The summed E-state index contributed by atoms with van der Waals surface area (Å²) >= 11 is 1.28. The summed E-state index contributed by atoms with van der Waals surface area (Å²) in [5.41, 5.74) is 0.826. The predicted octanol–water partition coefficient (Wildman–Crippen LogP) is 3.69. The van der Waals surface area contributed by atoms with Gasteiger partial charge < -0.3 is 0 Å². The van der Waals surface area contributed by atoms with Crippen molar-refractivity contribution in [2.75, 3.05) is 5.75 Å². The molecule has 118 valence electrons. The van der Waals surface area contributed by atoms with Gasteiger partial charge in [0, 0.05) is 12.2 Å². The number of para-hydroxylation sites is 2. The molecule has 0 saturated heterocycles. The van der Waals surface area contributed by atoms with E-state index in [0.717, 1.165) is 4.40 Å². The van der Waals surface area contributed by atoms with Crippen molar-refractivity contribution in [3.63, 3.8) is 0 Å². The number of halogens is 3. The summed E-state index contributed by atoms with van der Waals surface area (Å²) in [5, 5.41) is 15.9. The van der Waals surface area contributed by atoms with Crippen LogP contribution in [0, 0.1) is 11.3 Å². The van der Waals surface area contributed by atoms with E-state index in [1.54, 1.807) is 24.3 Å². The Balaban J connectivity index is 2.17. The first-order valence-electron chi connectivity index (χ1n) is 6.73. The van der Waals surface area contributed by atoms with E-state index in [2.05, 4.69) is 15.2 Å². The second-order valence-electron chi connectivity index (χ2n) is 4.70. The van der Waals surface area contributed by atoms with E-state index >= 15 is 0 Å². The zero-order valence-corrected chi connectivity index (χ0v) is 12.5. The minimum atomic E-state index is -4.60. The summed E-state index contributed by atoms with van der Waals surface area (Å²) in [4.78, 5) is 4.39. The van der Waals surface area contributed by atoms with Gasteiger partial charge in [-0.2, -0.15) is 18.4 Å². The average Bonchev–Trinajstić information content (AvgIpc) is 2.97. The Morgan fingerprint density at radius 3 is 2.74 bits per heavy atom. The minimum Gasteiger partial charge on any atom is -0.267 e. The minimum absolute atomic E-state index is 0.0815. The van der Waals surface area contributed by atoms with E-state index in [0.29, 0.717) is 34.7 Å². The molecule has 0 atom stereocenters. The Morgan fingerprint density at radius 2 is 2.00 bits per heavy atom. The van der Waals surface area contributed by atoms with Crippen molar-refractivity contribution in [3.05, 3.63) is 30.1 Å². The number of nitriles is 1. The van der Waals surface area contributed by atoms with Crippen molar-refractivity contribution in [1.82, 2.24) is 19.6 Å². The van der Waals surface area contributed by atoms with Crippen LogP contribution >= 0.6 is 11.8 Å². The first kappa shape index (κ1) is 15.6. The maximum Gasteiger partial charge on any atom is 0.452 e. The van der Waals surface area contributed by atoms with Crippen molar-refractivity contribution in [2.45, 2.75) is 24.0 Å². The number of hydrogen-bond donors (Lipinski definition) is 0. The normalized spacial score (nSPS) is 11.9. The summed E-state index contributed by atoms with van der Waals surface area (Å²) < 4.78 is 40.5. The Labute approximate surface area is 133 Å². The highest BCUT2D eigenvalue weighted by Gasteiger charge is 2.38. The maximum absolute atomic E-state index is 13.2. The molecule has 0 unspecified atom stereocenters. The van der Waals surface area contributed by atoms with Crippen LogP contribution in [0.1, 0.15) is 18.7 Å². The lowest BCUT2D eigenvalue weighted by atomic mass is 10.3. The largest absolute Gasteiger partial charge is 0.452 e. The van der Waals surface area contributed by atoms with Crippen molar-refractivity contribution in [1.29, 1.82) is 5.26 Å². The van der Waals surface area contributed by atoms with Gasteiger partial charge in [-0.25, -0.2) is 4.98 Å². The smallest absolute Gasteiger partial charge is 0.267 e. The average molecular weight is 337 g/mol. The van der Waals surface area contributed by atoms with Crippen molar-refractivity contribution >= 4 is 28.4 Å². The molecule has 2 aromatic heterocycles. The zero-order chi connectivity index (χ0) is 16.4. The van der Waals surface area contributed by atoms with E-state index < -0.39 is 12.0 Å². The van der Waals surface area contributed by atoms with Gasteiger partial charge in [-0.3, -0.25) is 4.40 Å². The highest BCUT2D eigenvalue weighted by molar-refractivity contribution is 7.99. The molecule has 0 saturated carbocycles. The zero-order valence-electron chi connectivity index (χ0n) is 11.7. The van der Waals surface area contributed by atoms with Crippen LogP contribution < -0.4 is 0 Å². The number of nitrogens with zero attached hydrogens (tertiary/aromatic N) is 5. The summed E-state index contributed by atoms with van der Waals surface area (Å²) in [6.07, 6.45) is -3.59. The lowest BCUT2D eigenvalue weighted by molar-refractivity contribution is -0.145. The Hall–Kier alpha value is -2.34. The maximum atomic E-state index is 13.2. The van der Waals surface area contributed by atoms with Crippen LogP contribution in [0.5, 0.6) is 0 Å². The number of alkyl halides is 3. The van der Waals surface area contributed by atoms with Crippen molar-refractivity contribution in [3.8, 4) is 6.07 Å². The molecule has 0 aliphatic heterocycles. The van der Waals surface area contributed by atoms with Gasteiger partial charge in [0.25, 0.3) is 0 Å². The molecule has 9 heteroatoms. The highest BCUT2D eigenvalue weighted by Crippen LogP contribution is 2.32. The molecule has 3 aromatic rings. The molecule has 5 nitrogen and oxygen atoms in total. The van der Waals surface area contributed by atoms with Crippen LogP contribution in [-0.2, 0) is 6.18 Å². The molecular weight excluding hydrogens is 327 g/mol. The van der Waals surface area contributed by atoms with Gasteiger partial charge in [0.15, 0.2) is 5.65 Å². The molecule has 0 radical (unpaired) electrons. The summed E-state index contributed by atoms with van der Waals surface area (Å²) in [6, 6.07) is 8.58. The summed E-state index contributed by atoms with van der Waals surface area (Å²) in [6.45, 7) is 0. The SMILES string of the molecule is N#CCCCSc1nc2ccccc2n2c(C(F)(F)F)nnc12.